The molecule has 1 aliphatic carbocycles. The molecule has 1 aromatic carbocycles. The molecule has 3 rings (SSSR count). The number of nitrogens with zero attached hydrogens (tertiary/aromatic N) is 3. The van der Waals surface area contributed by atoms with Gasteiger partial charge in [-0.3, -0.25) is 4.99 Å². The van der Waals surface area contributed by atoms with Crippen LogP contribution in [-0.2, 0) is 7.05 Å². The van der Waals surface area contributed by atoms with E-state index in [0.717, 1.165) is 46.1 Å². The van der Waals surface area contributed by atoms with Crippen molar-refractivity contribution in [1.82, 2.24) is 9.78 Å². The highest BCUT2D eigenvalue weighted by Crippen LogP contribution is 2.23. The standard InChI is InChI=1S/C15H18ClN3OS/c1-19-15(17-12-4-2-3-5-13(12)20)21-14(18-19)10-6-8-11(16)9-7-10/h6-9,12-13,20H,2-5H2,1H3/b17-15+/t12-,13+/m0/s1. The average molecular weight is 324 g/mol. The maximum absolute atomic E-state index is 10.0. The van der Waals surface area contributed by atoms with Gasteiger partial charge in [0.1, 0.15) is 5.01 Å². The Labute approximate surface area is 132 Å². The van der Waals surface area contributed by atoms with Crippen molar-refractivity contribution in [3.8, 4) is 10.6 Å². The zero-order chi connectivity index (χ0) is 14.8. The van der Waals surface area contributed by atoms with Crippen LogP contribution in [0.3, 0.4) is 0 Å². The molecule has 1 saturated carbocycles. The number of hydrogen-bond donors (Lipinski definition) is 1. The normalized spacial score (nSPS) is 23.5. The molecule has 2 aromatic rings. The van der Waals surface area contributed by atoms with Gasteiger partial charge in [-0.15, -0.1) is 0 Å². The fourth-order valence-corrected chi connectivity index (χ4v) is 3.63. The van der Waals surface area contributed by atoms with Gasteiger partial charge in [-0.2, -0.15) is 5.10 Å². The minimum Gasteiger partial charge on any atom is -0.391 e. The molecule has 0 aliphatic heterocycles. The molecule has 6 heteroatoms. The largest absolute Gasteiger partial charge is 0.391 e. The van der Waals surface area contributed by atoms with Crippen molar-refractivity contribution in [2.24, 2.45) is 12.0 Å². The van der Waals surface area contributed by atoms with E-state index in [9.17, 15) is 5.11 Å². The van der Waals surface area contributed by atoms with Crippen LogP contribution in [0.1, 0.15) is 25.7 Å². The van der Waals surface area contributed by atoms with Crippen molar-refractivity contribution in [2.75, 3.05) is 0 Å². The number of rotatable bonds is 2. The summed E-state index contributed by atoms with van der Waals surface area (Å²) in [5.74, 6) is 0. The lowest BCUT2D eigenvalue weighted by atomic mass is 9.93. The van der Waals surface area contributed by atoms with E-state index in [1.807, 2.05) is 31.3 Å². The van der Waals surface area contributed by atoms with Gasteiger partial charge in [0.15, 0.2) is 0 Å². The molecule has 1 aromatic heterocycles. The first-order valence-corrected chi connectivity index (χ1v) is 8.35. The van der Waals surface area contributed by atoms with Gasteiger partial charge < -0.3 is 5.11 Å². The molecule has 0 bridgehead atoms. The molecule has 4 nitrogen and oxygen atoms in total. The summed E-state index contributed by atoms with van der Waals surface area (Å²) in [4.78, 5) is 5.56. The van der Waals surface area contributed by atoms with Gasteiger partial charge in [0.05, 0.1) is 12.1 Å². The van der Waals surface area contributed by atoms with Crippen LogP contribution >= 0.6 is 22.9 Å². The van der Waals surface area contributed by atoms with E-state index in [2.05, 4.69) is 5.10 Å². The van der Waals surface area contributed by atoms with Crippen LogP contribution in [0.5, 0.6) is 0 Å². The van der Waals surface area contributed by atoms with Crippen LogP contribution in [-0.4, -0.2) is 27.0 Å². The monoisotopic (exact) mass is 323 g/mol. The molecule has 1 heterocycles. The van der Waals surface area contributed by atoms with Gasteiger partial charge >= 0.3 is 0 Å². The molecule has 0 amide bonds. The van der Waals surface area contributed by atoms with E-state index in [1.165, 1.54) is 0 Å². The van der Waals surface area contributed by atoms with Crippen molar-refractivity contribution in [3.63, 3.8) is 0 Å². The maximum atomic E-state index is 10.0. The second-order valence-corrected chi connectivity index (χ2v) is 6.76. The maximum Gasteiger partial charge on any atom is 0.203 e. The molecule has 112 valence electrons. The number of halogens is 1. The smallest absolute Gasteiger partial charge is 0.203 e. The summed E-state index contributed by atoms with van der Waals surface area (Å²) in [6, 6.07) is 7.64. The number of benzene rings is 1. The number of aromatic nitrogens is 2. The van der Waals surface area contributed by atoms with E-state index >= 15 is 0 Å². The first-order chi connectivity index (χ1) is 10.1. The Bertz CT molecular complexity index is 677. The summed E-state index contributed by atoms with van der Waals surface area (Å²) < 4.78 is 1.79. The summed E-state index contributed by atoms with van der Waals surface area (Å²) in [6.07, 6.45) is 3.71. The second kappa shape index (κ2) is 6.30. The highest BCUT2D eigenvalue weighted by Gasteiger charge is 2.22. The Balaban J connectivity index is 1.92. The van der Waals surface area contributed by atoms with Crippen molar-refractivity contribution in [1.29, 1.82) is 0 Å². The fraction of sp³-hybridized carbons (Fsp3) is 0.467. The number of hydrogen-bond acceptors (Lipinski definition) is 4. The van der Waals surface area contributed by atoms with Crippen molar-refractivity contribution in [3.05, 3.63) is 34.1 Å². The van der Waals surface area contributed by atoms with E-state index in [4.69, 9.17) is 16.6 Å². The van der Waals surface area contributed by atoms with Gasteiger partial charge in [0.2, 0.25) is 4.80 Å². The molecule has 0 unspecified atom stereocenters. The van der Waals surface area contributed by atoms with Crippen molar-refractivity contribution < 1.29 is 5.11 Å². The lowest BCUT2D eigenvalue weighted by Crippen LogP contribution is -2.30. The summed E-state index contributed by atoms with van der Waals surface area (Å²) in [6.45, 7) is 0. The third-order valence-electron chi connectivity index (χ3n) is 3.77. The first-order valence-electron chi connectivity index (χ1n) is 7.15. The Morgan fingerprint density at radius 2 is 2.00 bits per heavy atom. The molecule has 21 heavy (non-hydrogen) atoms. The fourth-order valence-electron chi connectivity index (χ4n) is 2.56. The molecule has 0 radical (unpaired) electrons. The molecule has 2 atom stereocenters. The SMILES string of the molecule is Cn1nc(-c2ccc(Cl)cc2)s/c1=N/[C@H]1CCCC[C@H]1O. The highest BCUT2D eigenvalue weighted by molar-refractivity contribution is 7.12. The minimum absolute atomic E-state index is 0.00321. The quantitative estimate of drug-likeness (QED) is 0.923. The number of aliphatic hydroxyl groups is 1. The van der Waals surface area contributed by atoms with Crippen LogP contribution in [0.2, 0.25) is 5.02 Å². The molecular formula is C15H18ClN3OS. The van der Waals surface area contributed by atoms with E-state index in [-0.39, 0.29) is 12.1 Å². The van der Waals surface area contributed by atoms with Crippen LogP contribution in [0.4, 0.5) is 0 Å². The Morgan fingerprint density at radius 1 is 1.29 bits per heavy atom. The topological polar surface area (TPSA) is 50.4 Å². The third-order valence-corrected chi connectivity index (χ3v) is 5.08. The van der Waals surface area contributed by atoms with E-state index in [0.29, 0.717) is 0 Å². The van der Waals surface area contributed by atoms with Gasteiger partial charge in [0.25, 0.3) is 0 Å². The Hall–Kier alpha value is -1.17. The van der Waals surface area contributed by atoms with Crippen molar-refractivity contribution in [2.45, 2.75) is 37.8 Å². The zero-order valence-electron chi connectivity index (χ0n) is 11.9. The summed E-state index contributed by atoms with van der Waals surface area (Å²) in [7, 11) is 1.89. The molecule has 1 N–H and O–H groups in total. The van der Waals surface area contributed by atoms with Crippen molar-refractivity contribution >= 4 is 22.9 Å². The Kier molecular flexibility index (Phi) is 4.42. The summed E-state index contributed by atoms with van der Waals surface area (Å²) >= 11 is 7.46. The van der Waals surface area contributed by atoms with Crippen LogP contribution < -0.4 is 4.80 Å². The lowest BCUT2D eigenvalue weighted by molar-refractivity contribution is 0.107. The molecule has 1 fully saturated rings. The van der Waals surface area contributed by atoms with Crippen LogP contribution in [0.15, 0.2) is 29.3 Å². The number of aryl methyl sites for hydroxylation is 1. The van der Waals surface area contributed by atoms with Crippen LogP contribution in [0.25, 0.3) is 10.6 Å². The lowest BCUT2D eigenvalue weighted by Gasteiger charge is -2.23. The Morgan fingerprint density at radius 3 is 2.71 bits per heavy atom. The highest BCUT2D eigenvalue weighted by atomic mass is 35.5. The molecule has 0 saturated heterocycles. The average Bonchev–Trinajstić information content (AvgIpc) is 2.83. The molecular weight excluding hydrogens is 306 g/mol. The van der Waals surface area contributed by atoms with Gasteiger partial charge in [-0.1, -0.05) is 47.9 Å². The zero-order valence-corrected chi connectivity index (χ0v) is 13.4. The number of aliphatic hydroxyl groups excluding tert-OH is 1. The summed E-state index contributed by atoms with van der Waals surface area (Å²) in [5.41, 5.74) is 1.03. The third kappa shape index (κ3) is 3.36. The van der Waals surface area contributed by atoms with Gasteiger partial charge in [0, 0.05) is 17.6 Å². The van der Waals surface area contributed by atoms with E-state index in [1.54, 1.807) is 16.0 Å². The second-order valence-electron chi connectivity index (χ2n) is 5.37. The van der Waals surface area contributed by atoms with Crippen LogP contribution in [0, 0.1) is 0 Å². The predicted molar refractivity (Wildman–Crippen MR) is 85.4 cm³/mol. The predicted octanol–water partition coefficient (Wildman–Crippen LogP) is 3.01. The van der Waals surface area contributed by atoms with Gasteiger partial charge in [-0.05, 0) is 25.0 Å². The molecule has 1 aliphatic rings. The first kappa shape index (κ1) is 14.8. The molecule has 0 spiro atoms. The summed E-state index contributed by atoms with van der Waals surface area (Å²) in [5, 5.41) is 16.2. The van der Waals surface area contributed by atoms with E-state index < -0.39 is 0 Å². The minimum atomic E-state index is -0.320. The van der Waals surface area contributed by atoms with Gasteiger partial charge in [-0.25, -0.2) is 4.68 Å².